The van der Waals surface area contributed by atoms with Gasteiger partial charge in [0.2, 0.25) is 0 Å². The van der Waals surface area contributed by atoms with E-state index in [4.69, 9.17) is 0 Å². The number of halogens is 2. The molecule has 0 fully saturated rings. The van der Waals surface area contributed by atoms with Gasteiger partial charge in [-0.25, -0.2) is 4.39 Å². The van der Waals surface area contributed by atoms with Crippen LogP contribution >= 0.6 is 27.3 Å². The summed E-state index contributed by atoms with van der Waals surface area (Å²) in [5, 5.41) is 1.97. The van der Waals surface area contributed by atoms with Crippen molar-refractivity contribution in [1.29, 1.82) is 0 Å². The Morgan fingerprint density at radius 2 is 2.22 bits per heavy atom. The number of thiophene rings is 1. The average Bonchev–Trinajstić information content (AvgIpc) is 2.84. The van der Waals surface area contributed by atoms with Gasteiger partial charge in [-0.05, 0) is 45.6 Å². The molecule has 0 saturated carbocycles. The van der Waals surface area contributed by atoms with Gasteiger partial charge in [0.05, 0.1) is 11.0 Å². The quantitative estimate of drug-likeness (QED) is 0.836. The summed E-state index contributed by atoms with van der Waals surface area (Å²) in [5.41, 5.74) is 0.474. The zero-order valence-electron chi connectivity index (χ0n) is 9.69. The Kier molecular flexibility index (Phi) is 4.14. The number of carbonyl (C=O) groups excluding carboxylic acids is 1. The van der Waals surface area contributed by atoms with Crippen molar-refractivity contribution in [1.82, 2.24) is 4.90 Å². The largest absolute Gasteiger partial charge is 0.337 e. The fourth-order valence-corrected chi connectivity index (χ4v) is 2.69. The highest BCUT2D eigenvalue weighted by atomic mass is 79.9. The van der Waals surface area contributed by atoms with Gasteiger partial charge in [0.15, 0.2) is 0 Å². The van der Waals surface area contributed by atoms with Crippen LogP contribution < -0.4 is 0 Å². The van der Waals surface area contributed by atoms with Crippen LogP contribution in [0.3, 0.4) is 0 Å². The molecule has 2 aromatic rings. The van der Waals surface area contributed by atoms with Gasteiger partial charge in [0.1, 0.15) is 5.82 Å². The van der Waals surface area contributed by atoms with Crippen molar-refractivity contribution in [2.24, 2.45) is 0 Å². The monoisotopic (exact) mass is 327 g/mol. The molecule has 1 amide bonds. The van der Waals surface area contributed by atoms with Crippen LogP contribution in [-0.2, 0) is 6.54 Å². The van der Waals surface area contributed by atoms with Crippen molar-refractivity contribution in [3.63, 3.8) is 0 Å². The van der Waals surface area contributed by atoms with Gasteiger partial charge >= 0.3 is 0 Å². The van der Waals surface area contributed by atoms with Crippen molar-refractivity contribution in [2.75, 3.05) is 7.05 Å². The molecule has 0 aliphatic rings. The Morgan fingerprint density at radius 3 is 2.83 bits per heavy atom. The van der Waals surface area contributed by atoms with Crippen molar-refractivity contribution in [3.8, 4) is 0 Å². The summed E-state index contributed by atoms with van der Waals surface area (Å²) in [5.74, 6) is -0.489. The predicted molar refractivity (Wildman–Crippen MR) is 74.2 cm³/mol. The topological polar surface area (TPSA) is 20.3 Å². The number of hydrogen-bond acceptors (Lipinski definition) is 2. The van der Waals surface area contributed by atoms with Crippen molar-refractivity contribution in [2.45, 2.75) is 6.54 Å². The first kappa shape index (κ1) is 13.2. The summed E-state index contributed by atoms with van der Waals surface area (Å²) >= 11 is 4.69. The van der Waals surface area contributed by atoms with Crippen LogP contribution in [0.25, 0.3) is 0 Å². The van der Waals surface area contributed by atoms with Crippen molar-refractivity contribution >= 4 is 33.2 Å². The van der Waals surface area contributed by atoms with E-state index >= 15 is 0 Å². The lowest BCUT2D eigenvalue weighted by atomic mass is 10.2. The zero-order chi connectivity index (χ0) is 13.1. The Hall–Kier alpha value is -1.20. The number of amides is 1. The van der Waals surface area contributed by atoms with E-state index in [-0.39, 0.29) is 11.7 Å². The molecule has 0 aliphatic heterocycles. The number of hydrogen-bond donors (Lipinski definition) is 0. The Bertz CT molecular complexity index is 556. The van der Waals surface area contributed by atoms with E-state index < -0.39 is 0 Å². The molecule has 0 bridgehead atoms. The van der Waals surface area contributed by atoms with Crippen LogP contribution in [0.4, 0.5) is 4.39 Å². The van der Waals surface area contributed by atoms with Gasteiger partial charge in [-0.2, -0.15) is 0 Å². The third kappa shape index (κ3) is 2.97. The van der Waals surface area contributed by atoms with Gasteiger partial charge < -0.3 is 4.90 Å². The van der Waals surface area contributed by atoms with Crippen LogP contribution in [0.1, 0.15) is 15.2 Å². The van der Waals surface area contributed by atoms with Crippen LogP contribution in [0, 0.1) is 5.82 Å². The van der Waals surface area contributed by atoms with Gasteiger partial charge in [-0.15, -0.1) is 11.3 Å². The van der Waals surface area contributed by atoms with E-state index in [2.05, 4.69) is 15.9 Å². The fourth-order valence-electron chi connectivity index (χ4n) is 1.56. The molecule has 1 aromatic heterocycles. The van der Waals surface area contributed by atoms with Crippen molar-refractivity contribution < 1.29 is 9.18 Å². The van der Waals surface area contributed by atoms with Gasteiger partial charge in [0, 0.05) is 17.5 Å². The van der Waals surface area contributed by atoms with Crippen LogP contribution in [-0.4, -0.2) is 17.9 Å². The molecule has 0 N–H and O–H groups in total. The van der Waals surface area contributed by atoms with E-state index in [0.29, 0.717) is 16.6 Å². The SMILES string of the molecule is CN(Cc1cccs1)C(=O)c1ccc(F)c(Br)c1. The summed E-state index contributed by atoms with van der Waals surface area (Å²) in [4.78, 5) is 14.9. The maximum Gasteiger partial charge on any atom is 0.253 e. The van der Waals surface area contributed by atoms with E-state index in [9.17, 15) is 9.18 Å². The molecule has 0 spiro atoms. The number of carbonyl (C=O) groups is 1. The minimum Gasteiger partial charge on any atom is -0.337 e. The van der Waals surface area contributed by atoms with Gasteiger partial charge in [-0.1, -0.05) is 6.07 Å². The van der Waals surface area contributed by atoms with Gasteiger partial charge in [-0.3, -0.25) is 4.79 Å². The second-order valence-electron chi connectivity index (χ2n) is 3.87. The molecule has 2 rings (SSSR count). The first-order valence-corrected chi connectivity index (χ1v) is 6.98. The summed E-state index contributed by atoms with van der Waals surface area (Å²) < 4.78 is 13.4. The fraction of sp³-hybridized carbons (Fsp3) is 0.154. The van der Waals surface area contributed by atoms with Crippen LogP contribution in [0.5, 0.6) is 0 Å². The lowest BCUT2D eigenvalue weighted by Gasteiger charge is -2.16. The maximum atomic E-state index is 13.1. The summed E-state index contributed by atoms with van der Waals surface area (Å²) in [7, 11) is 1.74. The maximum absolute atomic E-state index is 13.1. The Labute approximate surface area is 117 Å². The molecule has 0 unspecified atom stereocenters. The normalized spacial score (nSPS) is 10.4. The number of nitrogens with zero attached hydrogens (tertiary/aromatic N) is 1. The van der Waals surface area contributed by atoms with E-state index in [1.54, 1.807) is 23.3 Å². The molecule has 94 valence electrons. The molecular weight excluding hydrogens is 317 g/mol. The molecule has 18 heavy (non-hydrogen) atoms. The van der Waals surface area contributed by atoms with E-state index in [1.807, 2.05) is 17.5 Å². The first-order valence-electron chi connectivity index (χ1n) is 5.31. The van der Waals surface area contributed by atoms with Crippen LogP contribution in [0.15, 0.2) is 40.2 Å². The standard InChI is InChI=1S/C13H11BrFNOS/c1-16(8-10-3-2-6-18-10)13(17)9-4-5-12(15)11(14)7-9/h2-7H,8H2,1H3. The van der Waals surface area contributed by atoms with E-state index in [1.165, 1.54) is 18.2 Å². The minimum absolute atomic E-state index is 0.121. The number of rotatable bonds is 3. The molecule has 0 atom stereocenters. The second-order valence-corrected chi connectivity index (χ2v) is 5.76. The highest BCUT2D eigenvalue weighted by Gasteiger charge is 2.13. The minimum atomic E-state index is -0.368. The number of benzene rings is 1. The molecule has 0 saturated heterocycles. The lowest BCUT2D eigenvalue weighted by Crippen LogP contribution is -2.25. The predicted octanol–water partition coefficient (Wildman–Crippen LogP) is 3.92. The molecule has 0 aliphatic carbocycles. The molecule has 0 radical (unpaired) electrons. The third-order valence-corrected chi connectivity index (χ3v) is 3.96. The zero-order valence-corrected chi connectivity index (χ0v) is 12.1. The Balaban J connectivity index is 2.12. The van der Waals surface area contributed by atoms with E-state index in [0.717, 1.165) is 4.88 Å². The molecule has 5 heteroatoms. The summed E-state index contributed by atoms with van der Waals surface area (Å²) in [6, 6.07) is 8.22. The van der Waals surface area contributed by atoms with Crippen LogP contribution in [0.2, 0.25) is 0 Å². The van der Waals surface area contributed by atoms with Crippen molar-refractivity contribution in [3.05, 3.63) is 56.4 Å². The molecular formula is C13H11BrFNOS. The summed E-state index contributed by atoms with van der Waals surface area (Å²) in [6.07, 6.45) is 0. The first-order chi connectivity index (χ1) is 8.58. The molecule has 2 nitrogen and oxygen atoms in total. The third-order valence-electron chi connectivity index (χ3n) is 2.49. The second kappa shape index (κ2) is 5.63. The smallest absolute Gasteiger partial charge is 0.253 e. The summed E-state index contributed by atoms with van der Waals surface area (Å²) in [6.45, 7) is 0.561. The highest BCUT2D eigenvalue weighted by molar-refractivity contribution is 9.10. The lowest BCUT2D eigenvalue weighted by molar-refractivity contribution is 0.0786. The average molecular weight is 328 g/mol. The Morgan fingerprint density at radius 1 is 1.44 bits per heavy atom. The molecule has 1 aromatic carbocycles. The highest BCUT2D eigenvalue weighted by Crippen LogP contribution is 2.19. The molecule has 1 heterocycles. The van der Waals surface area contributed by atoms with Gasteiger partial charge in [0.25, 0.3) is 5.91 Å².